The van der Waals surface area contributed by atoms with Crippen molar-refractivity contribution in [2.45, 2.75) is 25.1 Å². The molecule has 1 aliphatic rings. The van der Waals surface area contributed by atoms with Gasteiger partial charge < -0.3 is 14.2 Å². The number of benzene rings is 1. The summed E-state index contributed by atoms with van der Waals surface area (Å²) in [4.78, 5) is 4.44. The fraction of sp³-hybridized carbons (Fsp3) is 0.400. The van der Waals surface area contributed by atoms with E-state index in [1.165, 1.54) is 0 Å². The van der Waals surface area contributed by atoms with Gasteiger partial charge >= 0.3 is 0 Å². The Morgan fingerprint density at radius 1 is 1.24 bits per heavy atom. The van der Waals surface area contributed by atoms with E-state index in [9.17, 15) is 0 Å². The van der Waals surface area contributed by atoms with Crippen molar-refractivity contribution in [1.82, 2.24) is 4.98 Å². The summed E-state index contributed by atoms with van der Waals surface area (Å²) in [6.07, 6.45) is 3.02. The molecule has 1 aliphatic heterocycles. The van der Waals surface area contributed by atoms with Crippen molar-refractivity contribution >= 4 is 22.9 Å². The standard InChI is InChI=1S/C15H16ClNO3S/c16-8-11-9-21-15(17-11)3-1-2-6-18-12-4-5-13-14(7-12)20-10-19-13/h4-5,7,9H,1-3,6,8,10H2. The molecule has 0 radical (unpaired) electrons. The Morgan fingerprint density at radius 3 is 3.00 bits per heavy atom. The molecule has 21 heavy (non-hydrogen) atoms. The first-order chi connectivity index (χ1) is 10.3. The Kier molecular flexibility index (Phi) is 4.83. The first kappa shape index (κ1) is 14.5. The monoisotopic (exact) mass is 325 g/mol. The van der Waals surface area contributed by atoms with E-state index in [1.54, 1.807) is 11.3 Å². The zero-order chi connectivity index (χ0) is 14.5. The highest BCUT2D eigenvalue weighted by molar-refractivity contribution is 7.09. The Bertz CT molecular complexity index is 602. The lowest BCUT2D eigenvalue weighted by Gasteiger charge is -2.06. The summed E-state index contributed by atoms with van der Waals surface area (Å²) >= 11 is 7.41. The molecule has 0 saturated carbocycles. The molecule has 6 heteroatoms. The van der Waals surface area contributed by atoms with Crippen LogP contribution >= 0.6 is 22.9 Å². The van der Waals surface area contributed by atoms with E-state index in [1.807, 2.05) is 23.6 Å². The maximum Gasteiger partial charge on any atom is 0.231 e. The van der Waals surface area contributed by atoms with Crippen LogP contribution in [0.2, 0.25) is 0 Å². The van der Waals surface area contributed by atoms with Crippen LogP contribution in [0.3, 0.4) is 0 Å². The predicted octanol–water partition coefficient (Wildman–Crippen LogP) is 4.01. The first-order valence-corrected chi connectivity index (χ1v) is 8.28. The molecule has 0 spiro atoms. The highest BCUT2D eigenvalue weighted by atomic mass is 35.5. The van der Waals surface area contributed by atoms with Crippen LogP contribution in [0.25, 0.3) is 0 Å². The molecule has 0 saturated heterocycles. The summed E-state index contributed by atoms with van der Waals surface area (Å²) in [6.45, 7) is 0.976. The smallest absolute Gasteiger partial charge is 0.231 e. The summed E-state index contributed by atoms with van der Waals surface area (Å²) in [5.74, 6) is 2.84. The van der Waals surface area contributed by atoms with Crippen LogP contribution in [-0.2, 0) is 12.3 Å². The molecule has 3 rings (SSSR count). The van der Waals surface area contributed by atoms with Crippen LogP contribution in [0.5, 0.6) is 17.2 Å². The zero-order valence-electron chi connectivity index (χ0n) is 11.5. The van der Waals surface area contributed by atoms with Gasteiger partial charge in [-0.2, -0.15) is 0 Å². The van der Waals surface area contributed by atoms with Gasteiger partial charge in [0.2, 0.25) is 6.79 Å². The number of unbranched alkanes of at least 4 members (excludes halogenated alkanes) is 1. The number of nitrogens with zero attached hydrogens (tertiary/aromatic N) is 1. The lowest BCUT2D eigenvalue weighted by molar-refractivity contribution is 0.173. The number of rotatable bonds is 7. The van der Waals surface area contributed by atoms with E-state index in [0.29, 0.717) is 12.5 Å². The number of hydrogen-bond acceptors (Lipinski definition) is 5. The maximum absolute atomic E-state index is 5.74. The van der Waals surface area contributed by atoms with Crippen LogP contribution in [-0.4, -0.2) is 18.4 Å². The Balaban J connectivity index is 1.38. The van der Waals surface area contributed by atoms with E-state index in [4.69, 9.17) is 25.8 Å². The van der Waals surface area contributed by atoms with Crippen molar-refractivity contribution < 1.29 is 14.2 Å². The fourth-order valence-corrected chi connectivity index (χ4v) is 3.13. The van der Waals surface area contributed by atoms with Gasteiger partial charge in [0, 0.05) is 11.4 Å². The molecule has 1 aromatic heterocycles. The minimum absolute atomic E-state index is 0.289. The highest BCUT2D eigenvalue weighted by Gasteiger charge is 2.13. The highest BCUT2D eigenvalue weighted by Crippen LogP contribution is 2.35. The third-order valence-electron chi connectivity index (χ3n) is 3.13. The topological polar surface area (TPSA) is 40.6 Å². The van der Waals surface area contributed by atoms with Gasteiger partial charge in [-0.05, 0) is 31.4 Å². The number of aryl methyl sites for hydroxylation is 1. The predicted molar refractivity (Wildman–Crippen MR) is 82.7 cm³/mol. The molecule has 0 aliphatic carbocycles. The van der Waals surface area contributed by atoms with Crippen LogP contribution in [0.1, 0.15) is 23.5 Å². The minimum Gasteiger partial charge on any atom is -0.493 e. The van der Waals surface area contributed by atoms with Gasteiger partial charge in [-0.1, -0.05) is 0 Å². The van der Waals surface area contributed by atoms with Crippen molar-refractivity contribution in [3.8, 4) is 17.2 Å². The number of thiazole rings is 1. The average Bonchev–Trinajstić information content (AvgIpc) is 3.15. The number of aromatic nitrogens is 1. The first-order valence-electron chi connectivity index (χ1n) is 6.87. The summed E-state index contributed by atoms with van der Waals surface area (Å²) in [5, 5.41) is 3.17. The molecule has 0 N–H and O–H groups in total. The lowest BCUT2D eigenvalue weighted by atomic mass is 10.2. The van der Waals surface area contributed by atoms with E-state index < -0.39 is 0 Å². The van der Waals surface area contributed by atoms with Crippen molar-refractivity contribution in [1.29, 1.82) is 0 Å². The normalized spacial score (nSPS) is 12.6. The van der Waals surface area contributed by atoms with Gasteiger partial charge in [0.15, 0.2) is 11.5 Å². The van der Waals surface area contributed by atoms with E-state index in [0.717, 1.165) is 47.2 Å². The van der Waals surface area contributed by atoms with Crippen molar-refractivity contribution in [3.63, 3.8) is 0 Å². The summed E-state index contributed by atoms with van der Waals surface area (Å²) in [6, 6.07) is 5.65. The van der Waals surface area contributed by atoms with Crippen molar-refractivity contribution in [2.75, 3.05) is 13.4 Å². The SMILES string of the molecule is ClCc1csc(CCCCOc2ccc3c(c2)OCO3)n1. The number of halogens is 1. The second-order valence-electron chi connectivity index (χ2n) is 4.69. The van der Waals surface area contributed by atoms with Crippen molar-refractivity contribution in [3.05, 3.63) is 34.3 Å². The molecule has 112 valence electrons. The second-order valence-corrected chi connectivity index (χ2v) is 5.90. The Hall–Kier alpha value is -1.46. The quantitative estimate of drug-likeness (QED) is 0.569. The molecule has 0 amide bonds. The van der Waals surface area contributed by atoms with Gasteiger partial charge in [-0.15, -0.1) is 22.9 Å². The Labute approximate surface area is 132 Å². The fourth-order valence-electron chi connectivity index (χ4n) is 2.06. The van der Waals surface area contributed by atoms with Crippen LogP contribution in [0.15, 0.2) is 23.6 Å². The minimum atomic E-state index is 0.289. The van der Waals surface area contributed by atoms with E-state index in [-0.39, 0.29) is 6.79 Å². The van der Waals surface area contributed by atoms with Crippen LogP contribution < -0.4 is 14.2 Å². The zero-order valence-corrected chi connectivity index (χ0v) is 13.1. The second kappa shape index (κ2) is 7.00. The molecule has 1 aromatic carbocycles. The van der Waals surface area contributed by atoms with Gasteiger partial charge in [-0.3, -0.25) is 0 Å². The lowest BCUT2D eigenvalue weighted by Crippen LogP contribution is -1.98. The number of hydrogen-bond donors (Lipinski definition) is 0. The molecule has 0 atom stereocenters. The molecular weight excluding hydrogens is 310 g/mol. The molecule has 0 bridgehead atoms. The maximum atomic E-state index is 5.74. The summed E-state index contributed by atoms with van der Waals surface area (Å²) in [5.41, 5.74) is 0.966. The van der Waals surface area contributed by atoms with Gasteiger partial charge in [0.05, 0.1) is 23.2 Å². The summed E-state index contributed by atoms with van der Waals surface area (Å²) < 4.78 is 16.3. The van der Waals surface area contributed by atoms with E-state index >= 15 is 0 Å². The molecule has 2 aromatic rings. The molecule has 0 fully saturated rings. The largest absolute Gasteiger partial charge is 0.493 e. The summed E-state index contributed by atoms with van der Waals surface area (Å²) in [7, 11) is 0. The van der Waals surface area contributed by atoms with Crippen LogP contribution in [0, 0.1) is 0 Å². The van der Waals surface area contributed by atoms with Gasteiger partial charge in [0.1, 0.15) is 5.75 Å². The molecule has 4 nitrogen and oxygen atoms in total. The number of ether oxygens (including phenoxy) is 3. The molecule has 0 unspecified atom stereocenters. The number of fused-ring (bicyclic) bond motifs is 1. The molecular formula is C15H16ClNO3S. The molecule has 2 heterocycles. The third-order valence-corrected chi connectivity index (χ3v) is 4.37. The van der Waals surface area contributed by atoms with Crippen LogP contribution in [0.4, 0.5) is 0 Å². The average molecular weight is 326 g/mol. The van der Waals surface area contributed by atoms with Gasteiger partial charge in [-0.25, -0.2) is 4.98 Å². The number of alkyl halides is 1. The Morgan fingerprint density at radius 2 is 2.14 bits per heavy atom. The van der Waals surface area contributed by atoms with E-state index in [2.05, 4.69) is 4.98 Å². The third kappa shape index (κ3) is 3.80. The van der Waals surface area contributed by atoms with Crippen molar-refractivity contribution in [2.24, 2.45) is 0 Å². The van der Waals surface area contributed by atoms with Gasteiger partial charge in [0.25, 0.3) is 0 Å².